The number of carbonyl (C=O) groups is 1. The van der Waals surface area contributed by atoms with Crippen molar-refractivity contribution in [3.63, 3.8) is 0 Å². The van der Waals surface area contributed by atoms with Gasteiger partial charge >= 0.3 is 0 Å². The fourth-order valence-corrected chi connectivity index (χ4v) is 2.66. The van der Waals surface area contributed by atoms with Crippen molar-refractivity contribution in [3.05, 3.63) is 45.9 Å². The van der Waals surface area contributed by atoms with Crippen molar-refractivity contribution in [3.8, 4) is 0 Å². The first-order valence-corrected chi connectivity index (χ1v) is 7.53. The van der Waals surface area contributed by atoms with Gasteiger partial charge in [0.2, 0.25) is 0 Å². The zero-order valence-corrected chi connectivity index (χ0v) is 12.8. The fourth-order valence-electron chi connectivity index (χ4n) is 2.00. The first-order valence-electron chi connectivity index (χ1n) is 6.59. The Bertz CT molecular complexity index is 581. The van der Waals surface area contributed by atoms with Crippen molar-refractivity contribution in [1.29, 1.82) is 0 Å². The maximum Gasteiger partial charge on any atom is 0.257 e. The number of nitrogens with one attached hydrogen (secondary N) is 1. The number of amides is 1. The van der Waals surface area contributed by atoms with E-state index in [-0.39, 0.29) is 5.91 Å². The van der Waals surface area contributed by atoms with E-state index in [1.54, 1.807) is 22.4 Å². The summed E-state index contributed by atoms with van der Waals surface area (Å²) in [5, 5.41) is 7.30. The van der Waals surface area contributed by atoms with Crippen LogP contribution >= 0.6 is 11.3 Å². The van der Waals surface area contributed by atoms with Crippen molar-refractivity contribution >= 4 is 22.9 Å². The van der Waals surface area contributed by atoms with E-state index >= 15 is 0 Å². The zero-order valence-electron chi connectivity index (χ0n) is 12.0. The summed E-state index contributed by atoms with van der Waals surface area (Å²) in [5.74, 6) is -0.0142. The highest BCUT2D eigenvalue weighted by Gasteiger charge is 2.16. The van der Waals surface area contributed by atoms with Crippen LogP contribution in [0, 0.1) is 6.92 Å². The van der Waals surface area contributed by atoms with Gasteiger partial charge in [-0.05, 0) is 42.3 Å². The van der Waals surface area contributed by atoms with Gasteiger partial charge in [0.1, 0.15) is 0 Å². The van der Waals surface area contributed by atoms with Gasteiger partial charge in [-0.2, -0.15) is 11.3 Å². The van der Waals surface area contributed by atoms with E-state index in [2.05, 4.69) is 15.7 Å². The van der Waals surface area contributed by atoms with Gasteiger partial charge in [0.15, 0.2) is 0 Å². The van der Waals surface area contributed by atoms with E-state index in [1.165, 1.54) is 0 Å². The van der Waals surface area contributed by atoms with Crippen LogP contribution in [0.25, 0.3) is 0 Å². The summed E-state index contributed by atoms with van der Waals surface area (Å²) in [5.41, 5.74) is 3.52. The predicted molar refractivity (Wildman–Crippen MR) is 83.3 cm³/mol. The first-order chi connectivity index (χ1) is 9.61. The van der Waals surface area contributed by atoms with Gasteiger partial charge in [-0.1, -0.05) is 0 Å². The summed E-state index contributed by atoms with van der Waals surface area (Å²) in [6, 6.07) is 3.95. The third kappa shape index (κ3) is 3.36. The van der Waals surface area contributed by atoms with Crippen LogP contribution in [0.4, 0.5) is 5.69 Å². The second-order valence-corrected chi connectivity index (χ2v) is 5.47. The minimum Gasteiger partial charge on any atom is -0.385 e. The number of nitrogens with zero attached hydrogens (tertiary/aromatic N) is 2. The van der Waals surface area contributed by atoms with Crippen molar-refractivity contribution < 1.29 is 4.79 Å². The van der Waals surface area contributed by atoms with Crippen molar-refractivity contribution in [1.82, 2.24) is 9.88 Å². The Kier molecular flexibility index (Phi) is 4.74. The number of rotatable bonds is 5. The Morgan fingerprint density at radius 3 is 2.95 bits per heavy atom. The minimum atomic E-state index is -0.0142. The molecule has 2 heterocycles. The second-order valence-electron chi connectivity index (χ2n) is 4.69. The quantitative estimate of drug-likeness (QED) is 0.919. The highest BCUT2D eigenvalue weighted by molar-refractivity contribution is 7.07. The summed E-state index contributed by atoms with van der Waals surface area (Å²) in [6.45, 7) is 5.32. The number of hydrogen-bond donors (Lipinski definition) is 1. The summed E-state index contributed by atoms with van der Waals surface area (Å²) in [7, 11) is 1.82. The van der Waals surface area contributed by atoms with Crippen LogP contribution in [0.1, 0.15) is 28.5 Å². The summed E-state index contributed by atoms with van der Waals surface area (Å²) in [6.07, 6.45) is 1.65. The van der Waals surface area contributed by atoms with Gasteiger partial charge < -0.3 is 10.2 Å². The first kappa shape index (κ1) is 14.5. The Morgan fingerprint density at radius 1 is 1.50 bits per heavy atom. The van der Waals surface area contributed by atoms with E-state index < -0.39 is 0 Å². The topological polar surface area (TPSA) is 45.2 Å². The molecule has 0 saturated carbocycles. The maximum atomic E-state index is 12.5. The lowest BCUT2D eigenvalue weighted by Gasteiger charge is -2.19. The van der Waals surface area contributed by atoms with E-state index in [4.69, 9.17) is 0 Å². The Morgan fingerprint density at radius 2 is 2.30 bits per heavy atom. The van der Waals surface area contributed by atoms with Crippen LogP contribution in [0.5, 0.6) is 0 Å². The number of anilines is 1. The molecule has 1 N–H and O–H groups in total. The average molecular weight is 289 g/mol. The Balaban J connectivity index is 2.19. The van der Waals surface area contributed by atoms with Crippen LogP contribution in [-0.4, -0.2) is 29.4 Å². The van der Waals surface area contributed by atoms with Crippen LogP contribution in [0.15, 0.2) is 29.1 Å². The van der Waals surface area contributed by atoms with Gasteiger partial charge in [-0.25, -0.2) is 0 Å². The Hall–Kier alpha value is -1.88. The van der Waals surface area contributed by atoms with E-state index in [9.17, 15) is 4.79 Å². The number of aryl methyl sites for hydroxylation is 1. The van der Waals surface area contributed by atoms with Gasteiger partial charge in [0.05, 0.1) is 11.3 Å². The zero-order chi connectivity index (χ0) is 14.5. The standard InChI is InChI=1S/C15H19N3OS/c1-4-16-14-7-11(2)17-8-13(14)15(19)18(3)9-12-5-6-20-10-12/h5-8,10H,4,9H2,1-3H3,(H,16,17). The third-order valence-corrected chi connectivity index (χ3v) is 3.72. The minimum absolute atomic E-state index is 0.0142. The number of carbonyl (C=O) groups excluding carboxylic acids is 1. The fraction of sp³-hybridized carbons (Fsp3) is 0.333. The molecule has 2 rings (SSSR count). The molecule has 0 aromatic carbocycles. The van der Waals surface area contributed by atoms with Crippen LogP contribution in [-0.2, 0) is 6.54 Å². The summed E-state index contributed by atoms with van der Waals surface area (Å²) < 4.78 is 0. The molecular formula is C15H19N3OS. The van der Waals surface area contributed by atoms with E-state index in [1.807, 2.05) is 38.4 Å². The molecule has 0 fully saturated rings. The van der Waals surface area contributed by atoms with Crippen molar-refractivity contribution in [2.45, 2.75) is 20.4 Å². The van der Waals surface area contributed by atoms with Crippen LogP contribution in [0.2, 0.25) is 0 Å². The summed E-state index contributed by atoms with van der Waals surface area (Å²) in [4.78, 5) is 18.5. The molecule has 106 valence electrons. The third-order valence-electron chi connectivity index (χ3n) is 2.98. The second kappa shape index (κ2) is 6.52. The van der Waals surface area contributed by atoms with Crippen LogP contribution < -0.4 is 5.32 Å². The lowest BCUT2D eigenvalue weighted by Crippen LogP contribution is -2.27. The number of aromatic nitrogens is 1. The smallest absolute Gasteiger partial charge is 0.257 e. The van der Waals surface area contributed by atoms with Gasteiger partial charge in [0.25, 0.3) is 5.91 Å². The number of pyridine rings is 1. The normalized spacial score (nSPS) is 10.3. The van der Waals surface area contributed by atoms with Gasteiger partial charge in [-0.3, -0.25) is 9.78 Å². The van der Waals surface area contributed by atoms with Crippen molar-refractivity contribution in [2.24, 2.45) is 0 Å². The largest absolute Gasteiger partial charge is 0.385 e. The van der Waals surface area contributed by atoms with Crippen molar-refractivity contribution in [2.75, 3.05) is 18.9 Å². The molecule has 0 bridgehead atoms. The van der Waals surface area contributed by atoms with E-state index in [0.29, 0.717) is 12.1 Å². The Labute approximate surface area is 123 Å². The number of thiophene rings is 1. The molecule has 0 aliphatic rings. The molecule has 4 nitrogen and oxygen atoms in total. The summed E-state index contributed by atoms with van der Waals surface area (Å²) >= 11 is 1.64. The van der Waals surface area contributed by atoms with Gasteiger partial charge in [0, 0.05) is 32.0 Å². The molecule has 5 heteroatoms. The molecule has 20 heavy (non-hydrogen) atoms. The highest BCUT2D eigenvalue weighted by atomic mass is 32.1. The average Bonchev–Trinajstić information content (AvgIpc) is 2.91. The van der Waals surface area contributed by atoms with Crippen LogP contribution in [0.3, 0.4) is 0 Å². The maximum absolute atomic E-state index is 12.5. The SMILES string of the molecule is CCNc1cc(C)ncc1C(=O)N(C)Cc1ccsc1. The predicted octanol–water partition coefficient (Wildman–Crippen LogP) is 3.16. The molecule has 0 aliphatic carbocycles. The monoisotopic (exact) mass is 289 g/mol. The lowest BCUT2D eigenvalue weighted by atomic mass is 10.1. The molecule has 0 saturated heterocycles. The molecule has 2 aromatic heterocycles. The molecule has 1 amide bonds. The van der Waals surface area contributed by atoms with Gasteiger partial charge in [-0.15, -0.1) is 0 Å². The molecule has 0 spiro atoms. The highest BCUT2D eigenvalue weighted by Crippen LogP contribution is 2.18. The molecule has 0 aliphatic heterocycles. The molecular weight excluding hydrogens is 270 g/mol. The lowest BCUT2D eigenvalue weighted by molar-refractivity contribution is 0.0786. The molecule has 0 atom stereocenters. The van der Waals surface area contributed by atoms with E-state index in [0.717, 1.165) is 23.5 Å². The molecule has 0 unspecified atom stereocenters. The molecule has 2 aromatic rings. The number of hydrogen-bond acceptors (Lipinski definition) is 4. The molecule has 0 radical (unpaired) electrons.